The van der Waals surface area contributed by atoms with Crippen molar-refractivity contribution in [3.63, 3.8) is 0 Å². The molecule has 0 amide bonds. The van der Waals surface area contributed by atoms with E-state index in [1.807, 2.05) is 0 Å². The number of cyclic esters (lactones) is 1. The molecule has 1 aromatic carbocycles. The van der Waals surface area contributed by atoms with Crippen LogP contribution >= 0.6 is 0 Å². The van der Waals surface area contributed by atoms with Gasteiger partial charge in [-0.2, -0.15) is 21.6 Å². The highest BCUT2D eigenvalue weighted by molar-refractivity contribution is 7.88. The summed E-state index contributed by atoms with van der Waals surface area (Å²) in [6, 6.07) is 1.14. The number of hydrogen-bond acceptors (Lipinski definition) is 7. The zero-order valence-electron chi connectivity index (χ0n) is 11.2. The minimum atomic E-state index is -5.96. The molecular weight excluding hydrogens is 333 g/mol. The van der Waals surface area contributed by atoms with Crippen LogP contribution in [0.3, 0.4) is 0 Å². The number of carbonyl (C=O) groups is 1. The Morgan fingerprint density at radius 3 is 2.32 bits per heavy atom. The van der Waals surface area contributed by atoms with Gasteiger partial charge in [-0.25, -0.2) is 4.79 Å². The number of ether oxygens (including phenoxy) is 3. The van der Waals surface area contributed by atoms with Crippen LogP contribution in [0.15, 0.2) is 6.07 Å². The van der Waals surface area contributed by atoms with Crippen molar-refractivity contribution < 1.29 is 44.8 Å². The number of rotatable bonds is 4. The molecule has 0 aliphatic carbocycles. The molecule has 1 aliphatic heterocycles. The van der Waals surface area contributed by atoms with E-state index in [2.05, 4.69) is 4.18 Å². The molecular formula is C11H9F3O7S. The van der Waals surface area contributed by atoms with E-state index in [0.29, 0.717) is 0 Å². The molecule has 0 unspecified atom stereocenters. The van der Waals surface area contributed by atoms with Crippen molar-refractivity contribution in [1.29, 1.82) is 0 Å². The molecule has 0 atom stereocenters. The number of hydrogen-bond donors (Lipinski definition) is 0. The summed E-state index contributed by atoms with van der Waals surface area (Å²) in [4.78, 5) is 11.6. The van der Waals surface area contributed by atoms with Crippen molar-refractivity contribution in [2.75, 3.05) is 14.2 Å². The lowest BCUT2D eigenvalue weighted by atomic mass is 10.1. The standard InChI is InChI=1S/C11H9F3O7S/c1-18-6-3-5-4-20-10(15)7(5)9(19-2)8(6)21-22(16,17)11(12,13)14/h3H,4H2,1-2H3. The van der Waals surface area contributed by atoms with Crippen LogP contribution in [0.4, 0.5) is 13.2 Å². The molecule has 22 heavy (non-hydrogen) atoms. The molecule has 0 saturated carbocycles. The summed E-state index contributed by atoms with van der Waals surface area (Å²) in [7, 11) is -3.84. The minimum absolute atomic E-state index is 0.146. The zero-order valence-corrected chi connectivity index (χ0v) is 12.0. The monoisotopic (exact) mass is 342 g/mol. The maximum absolute atomic E-state index is 12.5. The van der Waals surface area contributed by atoms with Crippen LogP contribution in [-0.2, 0) is 21.5 Å². The molecule has 1 aliphatic rings. The van der Waals surface area contributed by atoms with Gasteiger partial charge in [-0.05, 0) is 6.07 Å². The Labute approximate surface area is 122 Å². The molecule has 0 bridgehead atoms. The number of esters is 1. The average molecular weight is 342 g/mol. The summed E-state index contributed by atoms with van der Waals surface area (Å²) in [6.45, 7) is -0.146. The van der Waals surface area contributed by atoms with E-state index < -0.39 is 33.1 Å². The number of fused-ring (bicyclic) bond motifs is 1. The van der Waals surface area contributed by atoms with E-state index in [9.17, 15) is 26.4 Å². The van der Waals surface area contributed by atoms with Gasteiger partial charge in [0.25, 0.3) is 0 Å². The van der Waals surface area contributed by atoms with Crippen molar-refractivity contribution in [3.05, 3.63) is 17.2 Å². The second-order valence-electron chi connectivity index (χ2n) is 4.03. The van der Waals surface area contributed by atoms with E-state index in [-0.39, 0.29) is 23.5 Å². The lowest BCUT2D eigenvalue weighted by Crippen LogP contribution is -2.28. The molecule has 0 spiro atoms. The van der Waals surface area contributed by atoms with Crippen molar-refractivity contribution in [3.8, 4) is 17.2 Å². The van der Waals surface area contributed by atoms with Crippen molar-refractivity contribution in [1.82, 2.24) is 0 Å². The molecule has 0 radical (unpaired) electrons. The quantitative estimate of drug-likeness (QED) is 0.466. The molecule has 0 N–H and O–H groups in total. The number of halogens is 3. The zero-order chi connectivity index (χ0) is 16.7. The Morgan fingerprint density at radius 1 is 1.18 bits per heavy atom. The van der Waals surface area contributed by atoms with Gasteiger partial charge >= 0.3 is 21.6 Å². The minimum Gasteiger partial charge on any atom is -0.493 e. The first-order valence-electron chi connectivity index (χ1n) is 5.58. The number of methoxy groups -OCH3 is 2. The molecule has 7 nitrogen and oxygen atoms in total. The molecule has 0 fully saturated rings. The van der Waals surface area contributed by atoms with E-state index in [1.54, 1.807) is 0 Å². The van der Waals surface area contributed by atoms with Crippen molar-refractivity contribution in [2.45, 2.75) is 12.1 Å². The Balaban J connectivity index is 2.65. The van der Waals surface area contributed by atoms with Gasteiger partial charge in [0.1, 0.15) is 12.2 Å². The lowest BCUT2D eigenvalue weighted by Gasteiger charge is -2.16. The second kappa shape index (κ2) is 5.23. The Hall–Kier alpha value is -2.17. The molecule has 1 aromatic rings. The third-order valence-corrected chi connectivity index (χ3v) is 3.70. The maximum Gasteiger partial charge on any atom is 0.534 e. The van der Waals surface area contributed by atoms with Gasteiger partial charge in [-0.3, -0.25) is 0 Å². The van der Waals surface area contributed by atoms with Crippen LogP contribution in [0.2, 0.25) is 0 Å². The largest absolute Gasteiger partial charge is 0.534 e. The second-order valence-corrected chi connectivity index (χ2v) is 5.57. The van der Waals surface area contributed by atoms with Crippen LogP contribution in [0.5, 0.6) is 17.2 Å². The number of benzene rings is 1. The Bertz CT molecular complexity index is 724. The molecule has 122 valence electrons. The number of alkyl halides is 3. The molecule has 11 heteroatoms. The fourth-order valence-corrected chi connectivity index (χ4v) is 2.27. The predicted molar refractivity (Wildman–Crippen MR) is 64.3 cm³/mol. The SMILES string of the molecule is COc1cc2c(c(OC)c1OS(=O)(=O)C(F)(F)F)C(=O)OC2. The average Bonchev–Trinajstić information content (AvgIpc) is 2.78. The number of carbonyl (C=O) groups excluding carboxylic acids is 1. The van der Waals surface area contributed by atoms with E-state index in [1.165, 1.54) is 0 Å². The third-order valence-electron chi connectivity index (χ3n) is 2.75. The first-order valence-corrected chi connectivity index (χ1v) is 6.99. The predicted octanol–water partition coefficient (Wildman–Crippen LogP) is 1.60. The van der Waals surface area contributed by atoms with E-state index in [0.717, 1.165) is 20.3 Å². The summed E-state index contributed by atoms with van der Waals surface area (Å²) in [5.41, 5.74) is -5.59. The van der Waals surface area contributed by atoms with Crippen LogP contribution in [0.1, 0.15) is 15.9 Å². The summed E-state index contributed by atoms with van der Waals surface area (Å²) < 4.78 is 78.1. The van der Waals surface area contributed by atoms with Gasteiger partial charge in [0.15, 0.2) is 11.5 Å². The summed E-state index contributed by atoms with van der Waals surface area (Å²) >= 11 is 0. The van der Waals surface area contributed by atoms with Crippen molar-refractivity contribution >= 4 is 16.1 Å². The molecule has 2 rings (SSSR count). The highest BCUT2D eigenvalue weighted by atomic mass is 32.2. The van der Waals surface area contributed by atoms with Crippen LogP contribution < -0.4 is 13.7 Å². The van der Waals surface area contributed by atoms with Crippen LogP contribution in [0.25, 0.3) is 0 Å². The van der Waals surface area contributed by atoms with Gasteiger partial charge in [0.05, 0.1) is 14.2 Å². The van der Waals surface area contributed by atoms with Gasteiger partial charge in [-0.1, -0.05) is 0 Å². The molecule has 0 aromatic heterocycles. The van der Waals surface area contributed by atoms with Gasteiger partial charge in [-0.15, -0.1) is 0 Å². The summed E-state index contributed by atoms with van der Waals surface area (Å²) in [6.07, 6.45) is 0. The van der Waals surface area contributed by atoms with Crippen LogP contribution in [-0.4, -0.2) is 34.1 Å². The first-order chi connectivity index (χ1) is 10.1. The van der Waals surface area contributed by atoms with Gasteiger partial charge < -0.3 is 18.4 Å². The normalized spacial score (nSPS) is 14.3. The Morgan fingerprint density at radius 2 is 1.82 bits per heavy atom. The van der Waals surface area contributed by atoms with Crippen LogP contribution in [0, 0.1) is 0 Å². The van der Waals surface area contributed by atoms with Gasteiger partial charge in [0.2, 0.25) is 5.75 Å². The van der Waals surface area contributed by atoms with E-state index >= 15 is 0 Å². The summed E-state index contributed by atoms with van der Waals surface area (Å²) in [5.74, 6) is -2.60. The Kier molecular flexibility index (Phi) is 3.85. The fourth-order valence-electron chi connectivity index (χ4n) is 1.80. The van der Waals surface area contributed by atoms with Gasteiger partial charge in [0, 0.05) is 5.56 Å². The van der Waals surface area contributed by atoms with Crippen molar-refractivity contribution in [2.24, 2.45) is 0 Å². The topological polar surface area (TPSA) is 88.1 Å². The third kappa shape index (κ3) is 2.51. The smallest absolute Gasteiger partial charge is 0.493 e. The maximum atomic E-state index is 12.5. The summed E-state index contributed by atoms with van der Waals surface area (Å²) in [5, 5.41) is 0. The first kappa shape index (κ1) is 16.2. The highest BCUT2D eigenvalue weighted by Gasteiger charge is 2.50. The lowest BCUT2D eigenvalue weighted by molar-refractivity contribution is -0.0501. The van der Waals surface area contributed by atoms with E-state index in [4.69, 9.17) is 14.2 Å². The fraction of sp³-hybridized carbons (Fsp3) is 0.364. The highest BCUT2D eigenvalue weighted by Crippen LogP contribution is 2.46. The molecule has 0 saturated heterocycles. The molecule has 1 heterocycles.